The molecule has 4 rings (SSSR count). The maximum Gasteiger partial charge on any atom is 0.313 e. The van der Waals surface area contributed by atoms with Crippen LogP contribution in [0, 0.1) is 23.2 Å². The Morgan fingerprint density at radius 3 is 3.00 bits per heavy atom. The Hall–Kier alpha value is -1.38. The van der Waals surface area contributed by atoms with E-state index in [-0.39, 0.29) is 23.3 Å². The number of allylic oxidation sites excluding steroid dienone is 2. The number of ether oxygens (including phenoxy) is 1. The molecule has 2 bridgehead atoms. The molecule has 3 heteroatoms. The van der Waals surface area contributed by atoms with Crippen molar-refractivity contribution in [3.8, 4) is 0 Å². The second-order valence-corrected chi connectivity index (χ2v) is 7.98. The van der Waals surface area contributed by atoms with Gasteiger partial charge in [0.25, 0.3) is 0 Å². The van der Waals surface area contributed by atoms with Crippen molar-refractivity contribution < 1.29 is 14.3 Å². The summed E-state index contributed by atoms with van der Waals surface area (Å²) >= 11 is 0. The molecule has 0 N–H and O–H groups in total. The van der Waals surface area contributed by atoms with Crippen LogP contribution < -0.4 is 0 Å². The summed E-state index contributed by atoms with van der Waals surface area (Å²) in [6.07, 6.45) is 9.39. The predicted molar refractivity (Wildman–Crippen MR) is 87.6 cm³/mol. The van der Waals surface area contributed by atoms with Crippen molar-refractivity contribution in [1.82, 2.24) is 0 Å². The third-order valence-corrected chi connectivity index (χ3v) is 7.18. The standard InChI is InChI=1S/C20H26O3/c1-3-5-15-12(2)18(11-17(15)21)23-19(22)20-9-4-6-16(20)13-7-8-14(20)10-13/h3,13-14,16,18H,1,4-11H2,2H3. The fraction of sp³-hybridized carbons (Fsp3) is 0.700. The van der Waals surface area contributed by atoms with Crippen LogP contribution in [0.3, 0.4) is 0 Å². The van der Waals surface area contributed by atoms with Gasteiger partial charge in [0.2, 0.25) is 0 Å². The number of hydrogen-bond acceptors (Lipinski definition) is 3. The van der Waals surface area contributed by atoms with E-state index >= 15 is 0 Å². The number of Topliss-reactive ketones (excluding diaryl/α,β-unsaturated/α-hetero) is 1. The highest BCUT2D eigenvalue weighted by Crippen LogP contribution is 2.66. The van der Waals surface area contributed by atoms with Gasteiger partial charge in [-0.25, -0.2) is 0 Å². The molecule has 0 heterocycles. The van der Waals surface area contributed by atoms with E-state index < -0.39 is 0 Å². The van der Waals surface area contributed by atoms with Gasteiger partial charge in [-0.15, -0.1) is 6.58 Å². The SMILES string of the molecule is C=CCC1=C(C)C(OC(=O)C23CCCC2C2CCC3C2)CC1=O. The zero-order valence-electron chi connectivity index (χ0n) is 14.0. The zero-order chi connectivity index (χ0) is 16.2. The molecule has 0 aromatic heterocycles. The minimum absolute atomic E-state index is 0.00389. The van der Waals surface area contributed by atoms with Crippen LogP contribution in [0.4, 0.5) is 0 Å². The molecule has 0 aromatic carbocycles. The molecule has 3 nitrogen and oxygen atoms in total. The molecule has 0 saturated heterocycles. The molecule has 3 saturated carbocycles. The van der Waals surface area contributed by atoms with Crippen LogP contribution in [0.1, 0.15) is 58.3 Å². The Balaban J connectivity index is 1.55. The fourth-order valence-electron chi connectivity index (χ4n) is 6.14. The monoisotopic (exact) mass is 314 g/mol. The van der Waals surface area contributed by atoms with Gasteiger partial charge in [-0.1, -0.05) is 12.5 Å². The summed E-state index contributed by atoms with van der Waals surface area (Å²) in [6, 6.07) is 0. The quantitative estimate of drug-likeness (QED) is 0.582. The van der Waals surface area contributed by atoms with E-state index in [1.807, 2.05) is 6.92 Å². The van der Waals surface area contributed by atoms with Crippen molar-refractivity contribution in [3.05, 3.63) is 23.8 Å². The number of ketones is 1. The molecular formula is C20H26O3. The topological polar surface area (TPSA) is 43.4 Å². The molecule has 0 amide bonds. The summed E-state index contributed by atoms with van der Waals surface area (Å²) in [4.78, 5) is 25.3. The van der Waals surface area contributed by atoms with E-state index in [0.717, 1.165) is 29.9 Å². The van der Waals surface area contributed by atoms with Gasteiger partial charge in [0.15, 0.2) is 5.78 Å². The van der Waals surface area contributed by atoms with Crippen LogP contribution >= 0.6 is 0 Å². The number of carbonyl (C=O) groups excluding carboxylic acids is 2. The number of fused-ring (bicyclic) bond motifs is 5. The Morgan fingerprint density at radius 2 is 2.22 bits per heavy atom. The predicted octanol–water partition coefficient (Wildman–Crippen LogP) is 3.98. The first-order valence-electron chi connectivity index (χ1n) is 9.12. The van der Waals surface area contributed by atoms with Crippen molar-refractivity contribution in [2.45, 2.75) is 64.4 Å². The summed E-state index contributed by atoms with van der Waals surface area (Å²) in [7, 11) is 0. The second-order valence-electron chi connectivity index (χ2n) is 7.98. The van der Waals surface area contributed by atoms with E-state index in [2.05, 4.69) is 6.58 Å². The van der Waals surface area contributed by atoms with Gasteiger partial charge in [-0.2, -0.15) is 0 Å². The molecule has 4 aliphatic carbocycles. The maximum atomic E-state index is 13.1. The van der Waals surface area contributed by atoms with Crippen LogP contribution in [-0.4, -0.2) is 17.9 Å². The highest BCUT2D eigenvalue weighted by atomic mass is 16.5. The van der Waals surface area contributed by atoms with Crippen molar-refractivity contribution in [1.29, 1.82) is 0 Å². The summed E-state index contributed by atoms with van der Waals surface area (Å²) in [5.74, 6) is 1.94. The van der Waals surface area contributed by atoms with Crippen molar-refractivity contribution in [2.75, 3.05) is 0 Å². The van der Waals surface area contributed by atoms with Gasteiger partial charge < -0.3 is 4.74 Å². The van der Waals surface area contributed by atoms with Crippen LogP contribution in [0.5, 0.6) is 0 Å². The third-order valence-electron chi connectivity index (χ3n) is 7.18. The third kappa shape index (κ3) is 2.01. The molecule has 124 valence electrons. The summed E-state index contributed by atoms with van der Waals surface area (Å²) < 4.78 is 5.96. The van der Waals surface area contributed by atoms with Crippen molar-refractivity contribution >= 4 is 11.8 Å². The van der Waals surface area contributed by atoms with Gasteiger partial charge >= 0.3 is 5.97 Å². The molecule has 5 unspecified atom stereocenters. The molecule has 0 spiro atoms. The van der Waals surface area contributed by atoms with Gasteiger partial charge in [0.1, 0.15) is 6.10 Å². The highest BCUT2D eigenvalue weighted by Gasteiger charge is 2.64. The average Bonchev–Trinajstić information content (AvgIpc) is 3.25. The average molecular weight is 314 g/mol. The van der Waals surface area contributed by atoms with Gasteiger partial charge in [-0.3, -0.25) is 9.59 Å². The fourth-order valence-corrected chi connectivity index (χ4v) is 6.14. The molecular weight excluding hydrogens is 288 g/mol. The van der Waals surface area contributed by atoms with E-state index in [1.54, 1.807) is 6.08 Å². The largest absolute Gasteiger partial charge is 0.457 e. The van der Waals surface area contributed by atoms with Crippen LogP contribution in [0.15, 0.2) is 23.8 Å². The van der Waals surface area contributed by atoms with Crippen LogP contribution in [0.2, 0.25) is 0 Å². The van der Waals surface area contributed by atoms with Gasteiger partial charge in [0, 0.05) is 5.57 Å². The van der Waals surface area contributed by atoms with Crippen molar-refractivity contribution in [2.24, 2.45) is 23.2 Å². The first kappa shape index (κ1) is 15.2. The second kappa shape index (κ2) is 5.32. The maximum absolute atomic E-state index is 13.1. The summed E-state index contributed by atoms with van der Waals surface area (Å²) in [5.41, 5.74) is 1.52. The van der Waals surface area contributed by atoms with Crippen LogP contribution in [0.25, 0.3) is 0 Å². The van der Waals surface area contributed by atoms with Crippen LogP contribution in [-0.2, 0) is 14.3 Å². The molecule has 0 radical (unpaired) electrons. The minimum Gasteiger partial charge on any atom is -0.457 e. The summed E-state index contributed by atoms with van der Waals surface area (Å²) in [5, 5.41) is 0. The smallest absolute Gasteiger partial charge is 0.313 e. The Kier molecular flexibility index (Phi) is 3.51. The number of hydrogen-bond donors (Lipinski definition) is 0. The molecule has 5 atom stereocenters. The molecule has 3 fully saturated rings. The first-order chi connectivity index (χ1) is 11.1. The Labute approximate surface area is 138 Å². The Morgan fingerprint density at radius 1 is 1.39 bits per heavy atom. The molecule has 4 aliphatic rings. The molecule has 0 aromatic rings. The lowest BCUT2D eigenvalue weighted by atomic mass is 9.68. The van der Waals surface area contributed by atoms with Gasteiger partial charge in [0.05, 0.1) is 11.8 Å². The Bertz CT molecular complexity index is 602. The zero-order valence-corrected chi connectivity index (χ0v) is 14.0. The number of esters is 1. The molecule has 0 aliphatic heterocycles. The first-order valence-corrected chi connectivity index (χ1v) is 9.12. The normalized spacial score (nSPS) is 41.5. The lowest BCUT2D eigenvalue weighted by Gasteiger charge is -2.37. The number of rotatable bonds is 4. The van der Waals surface area contributed by atoms with E-state index in [9.17, 15) is 9.59 Å². The van der Waals surface area contributed by atoms with E-state index in [4.69, 9.17) is 4.74 Å². The molecule has 23 heavy (non-hydrogen) atoms. The number of carbonyl (C=O) groups is 2. The van der Waals surface area contributed by atoms with E-state index in [0.29, 0.717) is 24.7 Å². The van der Waals surface area contributed by atoms with Gasteiger partial charge in [-0.05, 0) is 68.8 Å². The van der Waals surface area contributed by atoms with E-state index in [1.165, 1.54) is 25.7 Å². The lowest BCUT2D eigenvalue weighted by Crippen LogP contribution is -2.42. The lowest BCUT2D eigenvalue weighted by molar-refractivity contribution is -0.166. The summed E-state index contributed by atoms with van der Waals surface area (Å²) in [6.45, 7) is 5.65. The van der Waals surface area contributed by atoms with Crippen molar-refractivity contribution in [3.63, 3.8) is 0 Å². The minimum atomic E-state index is -0.334. The highest BCUT2D eigenvalue weighted by molar-refractivity contribution is 6.00.